The van der Waals surface area contributed by atoms with Crippen LogP contribution in [0.15, 0.2) is 6.07 Å². The lowest BCUT2D eigenvalue weighted by Crippen LogP contribution is -2.51. The van der Waals surface area contributed by atoms with Gasteiger partial charge in [-0.05, 0) is 13.0 Å². The van der Waals surface area contributed by atoms with Crippen LogP contribution in [0.5, 0.6) is 5.75 Å². The molecule has 1 fully saturated rings. The molecule has 1 amide bonds. The van der Waals surface area contributed by atoms with Crippen LogP contribution in [0.2, 0.25) is 0 Å². The number of benzene rings is 1. The lowest BCUT2D eigenvalue weighted by molar-refractivity contribution is -0.0373. The molecule has 21 heavy (non-hydrogen) atoms. The summed E-state index contributed by atoms with van der Waals surface area (Å²) in [5.41, 5.74) is -0.728. The highest BCUT2D eigenvalue weighted by Gasteiger charge is 2.33. The number of aromatic hydroxyl groups is 1. The van der Waals surface area contributed by atoms with Crippen molar-refractivity contribution in [2.75, 3.05) is 19.0 Å². The van der Waals surface area contributed by atoms with Gasteiger partial charge in [0.15, 0.2) is 17.4 Å². The van der Waals surface area contributed by atoms with Crippen LogP contribution in [0.25, 0.3) is 0 Å². The van der Waals surface area contributed by atoms with Gasteiger partial charge in [0.1, 0.15) is 0 Å². The zero-order valence-corrected chi connectivity index (χ0v) is 11.8. The Morgan fingerprint density at radius 2 is 2.14 bits per heavy atom. The van der Waals surface area contributed by atoms with Crippen LogP contribution in [0.3, 0.4) is 0 Å². The van der Waals surface area contributed by atoms with Crippen LogP contribution in [0.4, 0.5) is 13.2 Å². The first-order chi connectivity index (χ1) is 9.86. The lowest BCUT2D eigenvalue weighted by Gasteiger charge is -2.37. The summed E-state index contributed by atoms with van der Waals surface area (Å²) in [7, 11) is 0. The van der Waals surface area contributed by atoms with Gasteiger partial charge in [-0.25, -0.2) is 8.78 Å². The van der Waals surface area contributed by atoms with Crippen molar-refractivity contribution in [1.29, 1.82) is 0 Å². The molecule has 0 aromatic heterocycles. The van der Waals surface area contributed by atoms with E-state index in [0.717, 1.165) is 0 Å². The first kappa shape index (κ1) is 15.9. The minimum absolute atomic E-state index is 0.0999. The molecule has 8 heteroatoms. The summed E-state index contributed by atoms with van der Waals surface area (Å²) in [6, 6.07) is 0.0524. The average Bonchev–Trinajstić information content (AvgIpc) is 2.48. The molecule has 1 saturated heterocycles. The monoisotopic (exact) mass is 323 g/mol. The molecule has 116 valence electrons. The number of phenolic OH excluding ortho intramolecular Hbond substituents is 1. The number of hydrogen-bond acceptors (Lipinski definition) is 3. The molecule has 1 aliphatic rings. The normalized spacial score (nSPS) is 22.4. The molecule has 0 saturated carbocycles. The lowest BCUT2D eigenvalue weighted by atomic mass is 10.1. The minimum atomic E-state index is -1.72. The molecule has 1 aliphatic heterocycles. The molecule has 1 aromatic carbocycles. The number of alkyl halides is 1. The van der Waals surface area contributed by atoms with E-state index >= 15 is 0 Å². The Morgan fingerprint density at radius 3 is 2.76 bits per heavy atom. The summed E-state index contributed by atoms with van der Waals surface area (Å²) in [5.74, 6) is -6.92. The van der Waals surface area contributed by atoms with Crippen molar-refractivity contribution in [3.05, 3.63) is 29.1 Å². The van der Waals surface area contributed by atoms with E-state index < -0.39 is 40.8 Å². The molecule has 0 aliphatic carbocycles. The molecular weight excluding hydrogens is 311 g/mol. The van der Waals surface area contributed by atoms with Crippen molar-refractivity contribution in [3.63, 3.8) is 0 Å². The number of rotatable bonds is 2. The second kappa shape index (κ2) is 6.11. The number of carbonyl (C=O) groups excluding carboxylic acids is 1. The summed E-state index contributed by atoms with van der Waals surface area (Å²) in [6.45, 7) is 1.96. The minimum Gasteiger partial charge on any atom is -0.503 e. The Bertz CT molecular complexity index is 570. The van der Waals surface area contributed by atoms with Gasteiger partial charge in [0.25, 0.3) is 5.91 Å². The van der Waals surface area contributed by atoms with Crippen LogP contribution in [-0.4, -0.2) is 47.1 Å². The van der Waals surface area contributed by atoms with E-state index in [1.165, 1.54) is 4.90 Å². The van der Waals surface area contributed by atoms with Crippen LogP contribution in [-0.2, 0) is 4.74 Å². The fourth-order valence-electron chi connectivity index (χ4n) is 2.09. The number of nitrogens with zero attached hydrogens (tertiary/aromatic N) is 1. The number of phenols is 1. The SMILES string of the molecule is CC1COC(CCl)CN1C(=O)c1cc(F)c(F)c(O)c1F. The summed E-state index contributed by atoms with van der Waals surface area (Å²) < 4.78 is 45.5. The molecular formula is C13H13ClF3NO3. The number of amides is 1. The molecule has 0 spiro atoms. The summed E-state index contributed by atoms with van der Waals surface area (Å²) in [4.78, 5) is 13.6. The van der Waals surface area contributed by atoms with E-state index in [1.807, 2.05) is 0 Å². The largest absolute Gasteiger partial charge is 0.503 e. The fourth-order valence-corrected chi connectivity index (χ4v) is 2.28. The molecule has 4 nitrogen and oxygen atoms in total. The first-order valence-electron chi connectivity index (χ1n) is 6.21. The van der Waals surface area contributed by atoms with Gasteiger partial charge in [-0.15, -0.1) is 11.6 Å². The third-order valence-electron chi connectivity index (χ3n) is 3.30. The van der Waals surface area contributed by atoms with Crippen molar-refractivity contribution in [1.82, 2.24) is 4.90 Å². The maximum atomic E-state index is 13.8. The van der Waals surface area contributed by atoms with Crippen molar-refractivity contribution < 1.29 is 27.8 Å². The van der Waals surface area contributed by atoms with Crippen molar-refractivity contribution in [3.8, 4) is 5.75 Å². The predicted molar refractivity (Wildman–Crippen MR) is 68.9 cm³/mol. The molecule has 1 heterocycles. The molecule has 0 bridgehead atoms. The Balaban J connectivity index is 2.35. The third-order valence-corrected chi connectivity index (χ3v) is 3.65. The quantitative estimate of drug-likeness (QED) is 0.671. The van der Waals surface area contributed by atoms with E-state index in [1.54, 1.807) is 6.92 Å². The van der Waals surface area contributed by atoms with Crippen LogP contribution < -0.4 is 0 Å². The molecule has 2 unspecified atom stereocenters. The molecule has 2 atom stereocenters. The molecule has 1 N–H and O–H groups in total. The summed E-state index contributed by atoms with van der Waals surface area (Å²) in [5, 5.41) is 9.17. The smallest absolute Gasteiger partial charge is 0.257 e. The van der Waals surface area contributed by atoms with E-state index in [0.29, 0.717) is 6.07 Å². The van der Waals surface area contributed by atoms with Crippen molar-refractivity contribution >= 4 is 17.5 Å². The fraction of sp³-hybridized carbons (Fsp3) is 0.462. The van der Waals surface area contributed by atoms with Crippen LogP contribution in [0.1, 0.15) is 17.3 Å². The second-order valence-corrected chi connectivity index (χ2v) is 5.11. The molecule has 1 aromatic rings. The van der Waals surface area contributed by atoms with Crippen molar-refractivity contribution in [2.24, 2.45) is 0 Å². The summed E-state index contributed by atoms with van der Waals surface area (Å²) in [6.07, 6.45) is -0.422. The highest BCUT2D eigenvalue weighted by atomic mass is 35.5. The second-order valence-electron chi connectivity index (χ2n) is 4.80. The maximum absolute atomic E-state index is 13.8. The van der Waals surface area contributed by atoms with E-state index in [2.05, 4.69) is 0 Å². The van der Waals surface area contributed by atoms with Gasteiger partial charge in [-0.3, -0.25) is 4.79 Å². The van der Waals surface area contributed by atoms with Gasteiger partial charge in [0, 0.05) is 6.54 Å². The predicted octanol–water partition coefficient (Wildman–Crippen LogP) is 2.28. The van der Waals surface area contributed by atoms with Crippen LogP contribution >= 0.6 is 11.6 Å². The highest BCUT2D eigenvalue weighted by molar-refractivity contribution is 6.18. The van der Waals surface area contributed by atoms with Gasteiger partial charge in [0.05, 0.1) is 30.2 Å². The topological polar surface area (TPSA) is 49.8 Å². The third kappa shape index (κ3) is 2.94. The van der Waals surface area contributed by atoms with E-state index in [9.17, 15) is 23.1 Å². The Kier molecular flexibility index (Phi) is 4.63. The number of ether oxygens (including phenoxy) is 1. The number of carbonyl (C=O) groups is 1. The van der Waals surface area contributed by atoms with Gasteiger partial charge in [-0.1, -0.05) is 0 Å². The average molecular weight is 324 g/mol. The van der Waals surface area contributed by atoms with Gasteiger partial charge in [0.2, 0.25) is 5.82 Å². The van der Waals surface area contributed by atoms with E-state index in [-0.39, 0.29) is 25.1 Å². The maximum Gasteiger partial charge on any atom is 0.257 e. The zero-order chi connectivity index (χ0) is 15.7. The van der Waals surface area contributed by atoms with Gasteiger partial charge >= 0.3 is 0 Å². The summed E-state index contributed by atoms with van der Waals surface area (Å²) >= 11 is 5.66. The zero-order valence-electron chi connectivity index (χ0n) is 11.1. The number of halogens is 4. The Morgan fingerprint density at radius 1 is 1.48 bits per heavy atom. The molecule has 0 radical (unpaired) electrons. The first-order valence-corrected chi connectivity index (χ1v) is 6.75. The van der Waals surface area contributed by atoms with Gasteiger partial charge < -0.3 is 14.7 Å². The Hall–Kier alpha value is -1.47. The number of hydrogen-bond donors (Lipinski definition) is 1. The highest BCUT2D eigenvalue weighted by Crippen LogP contribution is 2.27. The number of morpholine rings is 1. The standard InChI is InChI=1S/C13H13ClF3NO3/c1-6-5-21-7(3-14)4-18(6)13(20)8-2-9(15)11(17)12(19)10(8)16/h2,6-7,19H,3-5H2,1H3. The van der Waals surface area contributed by atoms with Crippen LogP contribution in [0, 0.1) is 17.5 Å². The van der Waals surface area contributed by atoms with Gasteiger partial charge in [-0.2, -0.15) is 4.39 Å². The van der Waals surface area contributed by atoms with Crippen molar-refractivity contribution in [2.45, 2.75) is 19.1 Å². The molecule has 2 rings (SSSR count). The van der Waals surface area contributed by atoms with E-state index in [4.69, 9.17) is 16.3 Å². The Labute approximate surface area is 124 Å².